The van der Waals surface area contributed by atoms with Crippen molar-refractivity contribution in [2.24, 2.45) is 4.99 Å². The number of hydrogen-bond acceptors (Lipinski definition) is 2. The lowest BCUT2D eigenvalue weighted by Gasteiger charge is -2.17. The van der Waals surface area contributed by atoms with Crippen molar-refractivity contribution in [3.63, 3.8) is 0 Å². The molecule has 0 aliphatic carbocycles. The predicted octanol–water partition coefficient (Wildman–Crippen LogP) is 4.61. The maximum Gasteiger partial charge on any atom is 0.0968 e. The minimum absolute atomic E-state index is 0.714. The highest BCUT2D eigenvalue weighted by Gasteiger charge is 2.17. The van der Waals surface area contributed by atoms with Gasteiger partial charge >= 0.3 is 0 Å². The monoisotopic (exact) mass is 261 g/mol. The molecule has 2 nitrogen and oxygen atoms in total. The van der Waals surface area contributed by atoms with E-state index in [1.807, 2.05) is 45.9 Å². The number of benzene rings is 1. The molecule has 0 amide bonds. The summed E-state index contributed by atoms with van der Waals surface area (Å²) in [5, 5.41) is 9.86. The predicted molar refractivity (Wildman–Crippen MR) is 85.6 cm³/mol. The van der Waals surface area contributed by atoms with Crippen molar-refractivity contribution in [1.29, 1.82) is 0 Å². The van der Waals surface area contributed by atoms with Crippen molar-refractivity contribution in [3.05, 3.63) is 41.5 Å². The molecule has 1 N–H and O–H groups in total. The second kappa shape index (κ2) is 7.90. The summed E-state index contributed by atoms with van der Waals surface area (Å²) >= 11 is 0. The normalized spacial score (nSPS) is 12.8. The quantitative estimate of drug-likeness (QED) is 0.791. The lowest BCUT2D eigenvalue weighted by Crippen LogP contribution is -2.28. The molecule has 0 saturated carbocycles. The van der Waals surface area contributed by atoms with E-state index < -0.39 is 5.60 Å². The molecule has 19 heavy (non-hydrogen) atoms. The van der Waals surface area contributed by atoms with Gasteiger partial charge in [0, 0.05) is 5.71 Å². The van der Waals surface area contributed by atoms with Crippen LogP contribution in [0, 0.1) is 6.92 Å². The van der Waals surface area contributed by atoms with Crippen molar-refractivity contribution in [1.82, 2.24) is 0 Å². The standard InChI is InChI=1S/C15H21NO.C2H6/c1-6-14(16-12(3)15(4,5)17)13-9-7-11(2)8-10-13;1-2/h6-10,17H,1-5H3;1-2H3/b14-6-,16-12?;. The average molecular weight is 261 g/mol. The highest BCUT2D eigenvalue weighted by atomic mass is 16.3. The molecule has 2 heteroatoms. The summed E-state index contributed by atoms with van der Waals surface area (Å²) in [6, 6.07) is 8.22. The molecule has 0 heterocycles. The van der Waals surface area contributed by atoms with Crippen molar-refractivity contribution in [2.45, 2.75) is 54.1 Å². The molecule has 0 aromatic heterocycles. The third-order valence-electron chi connectivity index (χ3n) is 2.79. The fourth-order valence-corrected chi connectivity index (χ4v) is 1.34. The molecular formula is C17H27NO. The number of aryl methyl sites for hydroxylation is 1. The van der Waals surface area contributed by atoms with Gasteiger partial charge in [0.25, 0.3) is 0 Å². The average Bonchev–Trinajstić information content (AvgIpc) is 2.38. The van der Waals surface area contributed by atoms with Crippen molar-refractivity contribution < 1.29 is 5.11 Å². The van der Waals surface area contributed by atoms with Crippen LogP contribution in [-0.4, -0.2) is 16.4 Å². The fourth-order valence-electron chi connectivity index (χ4n) is 1.34. The van der Waals surface area contributed by atoms with Gasteiger partial charge in [-0.25, -0.2) is 0 Å². The summed E-state index contributed by atoms with van der Waals surface area (Å²) in [6.07, 6.45) is 1.96. The van der Waals surface area contributed by atoms with Gasteiger partial charge in [-0.1, -0.05) is 49.8 Å². The molecule has 0 saturated heterocycles. The van der Waals surface area contributed by atoms with Crippen LogP contribution in [0.5, 0.6) is 0 Å². The van der Waals surface area contributed by atoms with Crippen LogP contribution in [0.25, 0.3) is 5.70 Å². The Morgan fingerprint density at radius 1 is 1.16 bits per heavy atom. The molecule has 0 fully saturated rings. The number of rotatable bonds is 3. The van der Waals surface area contributed by atoms with Crippen LogP contribution in [0.4, 0.5) is 0 Å². The first-order valence-electron chi connectivity index (χ1n) is 6.86. The van der Waals surface area contributed by atoms with Crippen LogP contribution in [0.1, 0.15) is 52.7 Å². The van der Waals surface area contributed by atoms with Crippen molar-refractivity contribution in [2.75, 3.05) is 0 Å². The Labute approximate surface area is 117 Å². The van der Waals surface area contributed by atoms with Gasteiger partial charge in [0.15, 0.2) is 0 Å². The van der Waals surface area contributed by atoms with E-state index >= 15 is 0 Å². The highest BCUT2D eigenvalue weighted by molar-refractivity contribution is 5.93. The molecule has 1 aromatic rings. The maximum absolute atomic E-state index is 9.86. The molecule has 0 aliphatic heterocycles. The number of nitrogens with zero attached hydrogens (tertiary/aromatic N) is 1. The van der Waals surface area contributed by atoms with E-state index in [1.54, 1.807) is 13.8 Å². The van der Waals surface area contributed by atoms with Gasteiger partial charge in [0.05, 0.1) is 11.3 Å². The minimum Gasteiger partial charge on any atom is -0.385 e. The van der Waals surface area contributed by atoms with E-state index in [9.17, 15) is 5.11 Å². The first-order valence-corrected chi connectivity index (χ1v) is 6.86. The van der Waals surface area contributed by atoms with E-state index in [1.165, 1.54) is 5.56 Å². The van der Waals surface area contributed by atoms with Gasteiger partial charge < -0.3 is 5.11 Å². The zero-order valence-electron chi connectivity index (χ0n) is 13.3. The first-order chi connectivity index (χ1) is 8.84. The van der Waals surface area contributed by atoms with Crippen LogP contribution in [-0.2, 0) is 0 Å². The molecule has 0 unspecified atom stereocenters. The van der Waals surface area contributed by atoms with Gasteiger partial charge in [-0.05, 0) is 40.2 Å². The molecular weight excluding hydrogens is 234 g/mol. The Kier molecular flexibility index (Phi) is 7.32. The van der Waals surface area contributed by atoms with Gasteiger partial charge in [-0.2, -0.15) is 0 Å². The number of hydrogen-bond donors (Lipinski definition) is 1. The van der Waals surface area contributed by atoms with Gasteiger partial charge in [0.2, 0.25) is 0 Å². The fraction of sp³-hybridized carbons (Fsp3) is 0.471. The SMILES string of the molecule is C/C=C(\N=C(C)C(C)(C)O)c1ccc(C)cc1.CC. The van der Waals surface area contributed by atoms with Gasteiger partial charge in [-0.15, -0.1) is 0 Å². The van der Waals surface area contributed by atoms with Gasteiger partial charge in [0.1, 0.15) is 0 Å². The summed E-state index contributed by atoms with van der Waals surface area (Å²) in [5.74, 6) is 0. The van der Waals surface area contributed by atoms with Crippen LogP contribution < -0.4 is 0 Å². The van der Waals surface area contributed by atoms with E-state index in [0.717, 1.165) is 11.3 Å². The second-order valence-corrected chi connectivity index (χ2v) is 4.80. The summed E-state index contributed by atoms with van der Waals surface area (Å²) in [4.78, 5) is 4.49. The topological polar surface area (TPSA) is 32.6 Å². The van der Waals surface area contributed by atoms with Crippen molar-refractivity contribution in [3.8, 4) is 0 Å². The summed E-state index contributed by atoms with van der Waals surface area (Å²) < 4.78 is 0. The molecule has 1 aromatic carbocycles. The lowest BCUT2D eigenvalue weighted by atomic mass is 10.0. The van der Waals surface area contributed by atoms with E-state index in [2.05, 4.69) is 24.0 Å². The van der Waals surface area contributed by atoms with Crippen LogP contribution in [0.2, 0.25) is 0 Å². The molecule has 106 valence electrons. The van der Waals surface area contributed by atoms with Crippen LogP contribution in [0.3, 0.4) is 0 Å². The summed E-state index contributed by atoms with van der Waals surface area (Å²) in [7, 11) is 0. The molecule has 0 aliphatic rings. The Morgan fingerprint density at radius 3 is 2.00 bits per heavy atom. The first kappa shape index (κ1) is 17.6. The third-order valence-corrected chi connectivity index (χ3v) is 2.79. The molecule has 0 bridgehead atoms. The Morgan fingerprint density at radius 2 is 1.63 bits per heavy atom. The second-order valence-electron chi connectivity index (χ2n) is 4.80. The molecule has 0 radical (unpaired) electrons. The van der Waals surface area contributed by atoms with Crippen molar-refractivity contribution >= 4 is 11.4 Å². The largest absolute Gasteiger partial charge is 0.385 e. The molecule has 1 rings (SSSR count). The van der Waals surface area contributed by atoms with E-state index in [-0.39, 0.29) is 0 Å². The lowest BCUT2D eigenvalue weighted by molar-refractivity contribution is 0.153. The minimum atomic E-state index is -0.876. The van der Waals surface area contributed by atoms with E-state index in [4.69, 9.17) is 0 Å². The maximum atomic E-state index is 9.86. The number of aliphatic imine (C=N–C) groups is 1. The smallest absolute Gasteiger partial charge is 0.0968 e. The highest BCUT2D eigenvalue weighted by Crippen LogP contribution is 2.18. The zero-order chi connectivity index (χ0) is 15.1. The number of allylic oxidation sites excluding steroid dienone is 1. The summed E-state index contributed by atoms with van der Waals surface area (Å²) in [5.41, 5.74) is 3.03. The number of aliphatic hydroxyl groups is 1. The summed E-state index contributed by atoms with van der Waals surface area (Å²) in [6.45, 7) is 13.3. The van der Waals surface area contributed by atoms with Crippen LogP contribution in [0.15, 0.2) is 35.3 Å². The van der Waals surface area contributed by atoms with E-state index in [0.29, 0.717) is 5.71 Å². The van der Waals surface area contributed by atoms with Gasteiger partial charge in [-0.3, -0.25) is 4.99 Å². The Bertz CT molecular complexity index is 433. The molecule has 0 spiro atoms. The zero-order valence-corrected chi connectivity index (χ0v) is 13.3. The Hall–Kier alpha value is -1.41. The van der Waals surface area contributed by atoms with Crippen LogP contribution >= 0.6 is 0 Å². The Balaban J connectivity index is 0.00000154. The molecule has 0 atom stereocenters. The third kappa shape index (κ3) is 5.84.